The molecule has 0 aliphatic carbocycles. The van der Waals surface area contributed by atoms with E-state index in [9.17, 15) is 13.2 Å². The van der Waals surface area contributed by atoms with E-state index in [1.165, 1.54) is 4.90 Å². The van der Waals surface area contributed by atoms with Gasteiger partial charge in [-0.1, -0.05) is 48.5 Å². The van der Waals surface area contributed by atoms with E-state index in [-0.39, 0.29) is 6.04 Å². The van der Waals surface area contributed by atoms with Crippen LogP contribution < -0.4 is 5.32 Å². The van der Waals surface area contributed by atoms with Crippen molar-refractivity contribution < 1.29 is 13.2 Å². The number of hydrogen-bond acceptors (Lipinski definition) is 2. The summed E-state index contributed by atoms with van der Waals surface area (Å²) in [6, 6.07) is 18.5. The average Bonchev–Trinajstić information content (AvgIpc) is 2.99. The van der Waals surface area contributed by atoms with Crippen LogP contribution in [0.1, 0.15) is 12.0 Å². The van der Waals surface area contributed by atoms with Crippen LogP contribution in [0.15, 0.2) is 54.6 Å². The molecule has 0 radical (unpaired) electrons. The molecular formula is C19H21F3N2. The summed E-state index contributed by atoms with van der Waals surface area (Å²) in [6.07, 6.45) is -3.35. The number of benzene rings is 2. The van der Waals surface area contributed by atoms with Gasteiger partial charge in [-0.2, -0.15) is 13.2 Å². The Bertz CT molecular complexity index is 655. The van der Waals surface area contributed by atoms with Gasteiger partial charge in [0.1, 0.15) is 0 Å². The van der Waals surface area contributed by atoms with Crippen LogP contribution in [0.4, 0.5) is 13.2 Å². The van der Waals surface area contributed by atoms with Crippen molar-refractivity contribution in [1.82, 2.24) is 10.2 Å². The fourth-order valence-corrected chi connectivity index (χ4v) is 3.15. The molecule has 0 spiro atoms. The van der Waals surface area contributed by atoms with E-state index < -0.39 is 12.7 Å². The highest BCUT2D eigenvalue weighted by atomic mass is 19.4. The molecule has 2 nitrogen and oxygen atoms in total. The topological polar surface area (TPSA) is 15.3 Å². The fourth-order valence-electron chi connectivity index (χ4n) is 3.15. The van der Waals surface area contributed by atoms with Gasteiger partial charge < -0.3 is 5.32 Å². The van der Waals surface area contributed by atoms with Crippen LogP contribution in [0.5, 0.6) is 0 Å². The first-order valence-corrected chi connectivity index (χ1v) is 8.16. The van der Waals surface area contributed by atoms with Crippen LogP contribution in [0.25, 0.3) is 11.1 Å². The Balaban J connectivity index is 1.54. The number of rotatable bonds is 5. The Hall–Kier alpha value is -1.85. The van der Waals surface area contributed by atoms with Gasteiger partial charge in [-0.25, -0.2) is 0 Å². The molecule has 1 saturated heterocycles. The lowest BCUT2D eigenvalue weighted by Gasteiger charge is -2.18. The number of nitrogens with one attached hydrogen (secondary N) is 1. The zero-order valence-electron chi connectivity index (χ0n) is 13.4. The van der Waals surface area contributed by atoms with Crippen LogP contribution in [0.2, 0.25) is 0 Å². The van der Waals surface area contributed by atoms with E-state index in [1.807, 2.05) is 30.3 Å². The minimum Gasteiger partial charge on any atom is -0.309 e. The van der Waals surface area contributed by atoms with Gasteiger partial charge in [-0.3, -0.25) is 4.90 Å². The van der Waals surface area contributed by atoms with Gasteiger partial charge in [-0.05, 0) is 29.2 Å². The van der Waals surface area contributed by atoms with Crippen molar-refractivity contribution in [2.45, 2.75) is 25.2 Å². The first-order chi connectivity index (χ1) is 11.5. The summed E-state index contributed by atoms with van der Waals surface area (Å²) in [7, 11) is 0. The third-order valence-electron chi connectivity index (χ3n) is 4.30. The third kappa shape index (κ3) is 4.82. The SMILES string of the molecule is FC(F)(F)CN1CC[C@H](NCc2cccc(-c3ccccc3)c2)C1. The molecule has 0 amide bonds. The van der Waals surface area contributed by atoms with E-state index in [0.29, 0.717) is 19.6 Å². The van der Waals surface area contributed by atoms with Gasteiger partial charge in [0.2, 0.25) is 0 Å². The summed E-state index contributed by atoms with van der Waals surface area (Å²) in [4.78, 5) is 1.47. The molecule has 5 heteroatoms. The lowest BCUT2D eigenvalue weighted by atomic mass is 10.0. The zero-order valence-corrected chi connectivity index (χ0v) is 13.4. The Morgan fingerprint density at radius 3 is 2.50 bits per heavy atom. The van der Waals surface area contributed by atoms with Gasteiger partial charge in [0, 0.05) is 25.7 Å². The van der Waals surface area contributed by atoms with Crippen molar-refractivity contribution in [2.24, 2.45) is 0 Å². The number of nitrogens with zero attached hydrogens (tertiary/aromatic N) is 1. The summed E-state index contributed by atoms with van der Waals surface area (Å²) < 4.78 is 37.3. The second-order valence-corrected chi connectivity index (χ2v) is 6.28. The molecule has 1 heterocycles. The maximum Gasteiger partial charge on any atom is 0.401 e. The molecule has 128 valence electrons. The maximum atomic E-state index is 12.4. The summed E-state index contributed by atoms with van der Waals surface area (Å²) in [6.45, 7) is 0.818. The molecule has 0 bridgehead atoms. The quantitative estimate of drug-likeness (QED) is 0.886. The fraction of sp³-hybridized carbons (Fsp3) is 0.368. The molecule has 0 saturated carbocycles. The van der Waals surface area contributed by atoms with Crippen molar-refractivity contribution >= 4 is 0 Å². The summed E-state index contributed by atoms with van der Waals surface area (Å²) in [5.41, 5.74) is 3.46. The smallest absolute Gasteiger partial charge is 0.309 e. The monoisotopic (exact) mass is 334 g/mol. The summed E-state index contributed by atoms with van der Waals surface area (Å²) >= 11 is 0. The molecule has 24 heavy (non-hydrogen) atoms. The normalized spacial score (nSPS) is 18.9. The molecule has 1 fully saturated rings. The lowest BCUT2D eigenvalue weighted by molar-refractivity contribution is -0.143. The molecule has 1 N–H and O–H groups in total. The summed E-state index contributed by atoms with van der Waals surface area (Å²) in [5, 5.41) is 3.38. The first-order valence-electron chi connectivity index (χ1n) is 8.16. The second kappa shape index (κ2) is 7.36. The van der Waals surface area contributed by atoms with Crippen molar-refractivity contribution in [3.05, 3.63) is 60.2 Å². The van der Waals surface area contributed by atoms with Gasteiger partial charge in [0.25, 0.3) is 0 Å². The van der Waals surface area contributed by atoms with Crippen LogP contribution in [-0.4, -0.2) is 36.8 Å². The minimum atomic E-state index is -4.11. The number of likely N-dealkylation sites (tertiary alicyclic amines) is 1. The standard InChI is InChI=1S/C19H21F3N2/c20-19(21,22)14-24-10-9-18(13-24)23-12-15-5-4-8-17(11-15)16-6-2-1-3-7-16/h1-8,11,18,23H,9-10,12-14H2/t18-/m0/s1. The van der Waals surface area contributed by atoms with Gasteiger partial charge >= 0.3 is 6.18 Å². The van der Waals surface area contributed by atoms with Gasteiger partial charge in [-0.15, -0.1) is 0 Å². The highest BCUT2D eigenvalue weighted by Gasteiger charge is 2.34. The van der Waals surface area contributed by atoms with Crippen LogP contribution in [0, 0.1) is 0 Å². The van der Waals surface area contributed by atoms with Crippen molar-refractivity contribution in [2.75, 3.05) is 19.6 Å². The molecule has 2 aromatic carbocycles. The van der Waals surface area contributed by atoms with Crippen molar-refractivity contribution in [3.8, 4) is 11.1 Å². The summed E-state index contributed by atoms with van der Waals surface area (Å²) in [5.74, 6) is 0. The Morgan fingerprint density at radius 2 is 1.75 bits per heavy atom. The molecule has 1 atom stereocenters. The molecule has 1 aliphatic heterocycles. The number of alkyl halides is 3. The molecule has 1 aliphatic rings. The van der Waals surface area contributed by atoms with Crippen molar-refractivity contribution in [1.29, 1.82) is 0 Å². The molecule has 2 aromatic rings. The molecule has 0 aromatic heterocycles. The zero-order chi connectivity index (χ0) is 17.0. The maximum absolute atomic E-state index is 12.4. The van der Waals surface area contributed by atoms with Crippen LogP contribution in [0.3, 0.4) is 0 Å². The number of halogens is 3. The van der Waals surface area contributed by atoms with E-state index in [2.05, 4.69) is 29.6 Å². The largest absolute Gasteiger partial charge is 0.401 e. The highest BCUT2D eigenvalue weighted by molar-refractivity contribution is 5.63. The van der Waals surface area contributed by atoms with Gasteiger partial charge in [0.15, 0.2) is 0 Å². The Morgan fingerprint density at radius 1 is 1.00 bits per heavy atom. The Labute approximate surface area is 140 Å². The van der Waals surface area contributed by atoms with E-state index in [1.54, 1.807) is 0 Å². The van der Waals surface area contributed by atoms with E-state index in [4.69, 9.17) is 0 Å². The Kier molecular flexibility index (Phi) is 5.21. The van der Waals surface area contributed by atoms with E-state index in [0.717, 1.165) is 23.1 Å². The van der Waals surface area contributed by atoms with Crippen molar-refractivity contribution in [3.63, 3.8) is 0 Å². The van der Waals surface area contributed by atoms with Gasteiger partial charge in [0.05, 0.1) is 6.54 Å². The molecule has 3 rings (SSSR count). The van der Waals surface area contributed by atoms with Crippen LogP contribution in [-0.2, 0) is 6.54 Å². The molecular weight excluding hydrogens is 313 g/mol. The minimum absolute atomic E-state index is 0.118. The van der Waals surface area contributed by atoms with E-state index >= 15 is 0 Å². The predicted molar refractivity (Wildman–Crippen MR) is 89.6 cm³/mol. The third-order valence-corrected chi connectivity index (χ3v) is 4.30. The molecule has 0 unspecified atom stereocenters. The average molecular weight is 334 g/mol. The first kappa shape index (κ1) is 17.0. The highest BCUT2D eigenvalue weighted by Crippen LogP contribution is 2.22. The predicted octanol–water partition coefficient (Wildman–Crippen LogP) is 4.08. The number of hydrogen-bond donors (Lipinski definition) is 1. The van der Waals surface area contributed by atoms with Crippen LogP contribution >= 0.6 is 0 Å². The second-order valence-electron chi connectivity index (χ2n) is 6.28. The lowest BCUT2D eigenvalue weighted by Crippen LogP contribution is -2.36.